The van der Waals surface area contributed by atoms with E-state index in [1.165, 1.54) is 6.92 Å². The maximum absolute atomic E-state index is 10.6. The summed E-state index contributed by atoms with van der Waals surface area (Å²) in [6.45, 7) is 4.60. The molecule has 0 aromatic rings. The summed E-state index contributed by atoms with van der Waals surface area (Å²) in [6, 6.07) is -0.682. The van der Waals surface area contributed by atoms with Gasteiger partial charge in [-0.05, 0) is 13.0 Å². The van der Waals surface area contributed by atoms with E-state index in [4.69, 9.17) is 0 Å². The molecule has 0 fully saturated rings. The largest absolute Gasteiger partial charge is 1.00 e. The fourth-order valence-corrected chi connectivity index (χ4v) is 1.35. The Labute approximate surface area is 99.6 Å². The molecule has 5 nitrogen and oxygen atoms in total. The van der Waals surface area contributed by atoms with Crippen LogP contribution in [-0.2, 0) is 14.9 Å². The van der Waals surface area contributed by atoms with Gasteiger partial charge in [0.25, 0.3) is 0 Å². The molecule has 0 spiro atoms. The van der Waals surface area contributed by atoms with Crippen LogP contribution in [0.4, 0.5) is 0 Å². The summed E-state index contributed by atoms with van der Waals surface area (Å²) in [4.78, 5) is 10.6. The third-order valence-corrected chi connectivity index (χ3v) is 1.94. The molecule has 1 amide bonds. The molecule has 0 aliphatic rings. The first kappa shape index (κ1) is 15.6. The number of hydrogen-bond donors (Lipinski definition) is 1. The molecular weight excluding hydrogens is 205 g/mol. The second kappa shape index (κ2) is 6.56. The van der Waals surface area contributed by atoms with Gasteiger partial charge in [-0.3, -0.25) is 4.79 Å². The van der Waals surface area contributed by atoms with Crippen LogP contribution in [0, 0.1) is 0 Å². The van der Waals surface area contributed by atoms with Gasteiger partial charge >= 0.3 is 29.6 Å². The minimum atomic E-state index is -4.28. The fourth-order valence-electron chi connectivity index (χ4n) is 0.650. The molecule has 1 atom stereocenters. The third-order valence-electron chi connectivity index (χ3n) is 1.03. The zero-order valence-corrected chi connectivity index (χ0v) is 10.4. The van der Waals surface area contributed by atoms with Crippen molar-refractivity contribution in [2.45, 2.75) is 13.0 Å². The van der Waals surface area contributed by atoms with E-state index in [1.54, 1.807) is 0 Å². The Morgan fingerprint density at radius 1 is 1.69 bits per heavy atom. The zero-order chi connectivity index (χ0) is 9.78. The van der Waals surface area contributed by atoms with Gasteiger partial charge in [0.2, 0.25) is 5.91 Å². The smallest absolute Gasteiger partial charge is 0.748 e. The summed E-state index contributed by atoms with van der Waals surface area (Å²) >= 11 is 0. The monoisotopic (exact) mass is 215 g/mol. The summed E-state index contributed by atoms with van der Waals surface area (Å²) in [5.74, 6) is -1.10. The van der Waals surface area contributed by atoms with Gasteiger partial charge in [-0.2, -0.15) is 0 Å². The minimum absolute atomic E-state index is 0. The van der Waals surface area contributed by atoms with E-state index < -0.39 is 27.8 Å². The molecule has 1 N–H and O–H groups in total. The van der Waals surface area contributed by atoms with Crippen LogP contribution in [0.25, 0.3) is 0 Å². The third kappa shape index (κ3) is 10.0. The van der Waals surface area contributed by atoms with E-state index in [9.17, 15) is 17.8 Å². The second-order valence-electron chi connectivity index (χ2n) is 2.34. The number of rotatable bonds is 4. The van der Waals surface area contributed by atoms with Crippen molar-refractivity contribution in [2.24, 2.45) is 0 Å². The number of hydrogen-bond acceptors (Lipinski definition) is 4. The summed E-state index contributed by atoms with van der Waals surface area (Å²) in [6.07, 6.45) is 1.01. The van der Waals surface area contributed by atoms with E-state index in [-0.39, 0.29) is 29.6 Å². The molecule has 1 unspecified atom stereocenters. The summed E-state index contributed by atoms with van der Waals surface area (Å²) in [5.41, 5.74) is 0. The average molecular weight is 215 g/mol. The summed E-state index contributed by atoms with van der Waals surface area (Å²) in [7, 11) is -4.28. The van der Waals surface area contributed by atoms with Gasteiger partial charge < -0.3 is 9.87 Å². The first-order valence-corrected chi connectivity index (χ1v) is 4.79. The summed E-state index contributed by atoms with van der Waals surface area (Å²) < 4.78 is 30.5. The molecule has 0 aromatic heterocycles. The first-order chi connectivity index (χ1) is 5.35. The molecule has 0 aliphatic carbocycles. The Kier molecular flexibility index (Phi) is 7.86. The predicted octanol–water partition coefficient (Wildman–Crippen LogP) is -3.77. The quantitative estimate of drug-likeness (QED) is 0.296. The molecule has 7 heteroatoms. The molecule has 0 saturated heterocycles. The number of amides is 1. The van der Waals surface area contributed by atoms with Crippen molar-refractivity contribution in [1.29, 1.82) is 0 Å². The van der Waals surface area contributed by atoms with Crippen molar-refractivity contribution in [1.82, 2.24) is 5.32 Å². The van der Waals surface area contributed by atoms with Crippen molar-refractivity contribution in [3.05, 3.63) is 12.7 Å². The first-order valence-electron chi connectivity index (χ1n) is 3.21. The minimum Gasteiger partial charge on any atom is -0.748 e. The Hall–Kier alpha value is 0.120. The molecule has 70 valence electrons. The van der Waals surface area contributed by atoms with Gasteiger partial charge in [0, 0.05) is 6.04 Å². The number of carbonyl (C=O) groups is 1. The SMILES string of the molecule is C=CC(=O)NC(C)CS(=O)(=O)[O-].[Na+]. The van der Waals surface area contributed by atoms with Gasteiger partial charge in [0.1, 0.15) is 0 Å². The van der Waals surface area contributed by atoms with Crippen molar-refractivity contribution in [3.8, 4) is 0 Å². The molecule has 0 radical (unpaired) electrons. The zero-order valence-electron chi connectivity index (χ0n) is 7.61. The molecule has 13 heavy (non-hydrogen) atoms. The van der Waals surface area contributed by atoms with E-state index >= 15 is 0 Å². The van der Waals surface area contributed by atoms with Crippen LogP contribution in [0.15, 0.2) is 12.7 Å². The molecule has 0 aliphatic heterocycles. The van der Waals surface area contributed by atoms with Crippen LogP contribution in [0.1, 0.15) is 6.92 Å². The van der Waals surface area contributed by atoms with Crippen molar-refractivity contribution in [2.75, 3.05) is 5.75 Å². The number of nitrogens with one attached hydrogen (secondary N) is 1. The van der Waals surface area contributed by atoms with Gasteiger partial charge in [-0.1, -0.05) is 6.58 Å². The Morgan fingerprint density at radius 2 is 2.15 bits per heavy atom. The predicted molar refractivity (Wildman–Crippen MR) is 42.4 cm³/mol. The van der Waals surface area contributed by atoms with Crippen LogP contribution in [0.5, 0.6) is 0 Å². The van der Waals surface area contributed by atoms with E-state index in [1.807, 2.05) is 0 Å². The standard InChI is InChI=1S/C6H11NO4S.Na/c1-3-6(8)7-5(2)4-12(9,10)11;/h3,5H,1,4H2,2H3,(H,7,8)(H,9,10,11);/q;+1/p-1. The number of carbonyl (C=O) groups excluding carboxylic acids is 1. The van der Waals surface area contributed by atoms with E-state index in [2.05, 4.69) is 11.9 Å². The van der Waals surface area contributed by atoms with Gasteiger partial charge in [-0.15, -0.1) is 0 Å². The van der Waals surface area contributed by atoms with Crippen LogP contribution < -0.4 is 34.9 Å². The second-order valence-corrected chi connectivity index (χ2v) is 3.79. The van der Waals surface area contributed by atoms with E-state index in [0.717, 1.165) is 6.08 Å². The summed E-state index contributed by atoms with van der Waals surface area (Å²) in [5, 5.41) is 2.25. The average Bonchev–Trinajstić information content (AvgIpc) is 1.82. The fraction of sp³-hybridized carbons (Fsp3) is 0.500. The van der Waals surface area contributed by atoms with Crippen molar-refractivity contribution < 1.29 is 47.3 Å². The van der Waals surface area contributed by atoms with Crippen LogP contribution >= 0.6 is 0 Å². The molecule has 0 saturated carbocycles. The maximum Gasteiger partial charge on any atom is 1.00 e. The van der Waals surface area contributed by atoms with Crippen LogP contribution in [-0.4, -0.2) is 30.7 Å². The van der Waals surface area contributed by atoms with Crippen LogP contribution in [0.2, 0.25) is 0 Å². The van der Waals surface area contributed by atoms with E-state index in [0.29, 0.717) is 0 Å². The van der Waals surface area contributed by atoms with Gasteiger partial charge in [0.05, 0.1) is 15.9 Å². The molecule has 0 rings (SSSR count). The van der Waals surface area contributed by atoms with Crippen molar-refractivity contribution >= 4 is 16.0 Å². The molecule has 0 heterocycles. The van der Waals surface area contributed by atoms with Gasteiger partial charge in [0.15, 0.2) is 0 Å². The molecule has 0 bridgehead atoms. The van der Waals surface area contributed by atoms with Gasteiger partial charge in [-0.25, -0.2) is 8.42 Å². The van der Waals surface area contributed by atoms with Crippen LogP contribution in [0.3, 0.4) is 0 Å². The Bertz CT molecular complexity index is 274. The Balaban J connectivity index is 0. The normalized spacial score (nSPS) is 12.5. The molecular formula is C6H10NNaO4S. The topological polar surface area (TPSA) is 86.3 Å². The Morgan fingerprint density at radius 3 is 2.46 bits per heavy atom. The molecule has 0 aromatic carbocycles. The van der Waals surface area contributed by atoms with Crippen molar-refractivity contribution in [3.63, 3.8) is 0 Å². The maximum atomic E-state index is 10.6.